The highest BCUT2D eigenvalue weighted by atomic mass is 16.5. The Kier molecular flexibility index (Phi) is 5.82. The molecule has 6 heteroatoms. The molecular weight excluding hydrogens is 294 g/mol. The van der Waals surface area contributed by atoms with Crippen molar-refractivity contribution in [2.75, 3.05) is 26.8 Å². The number of hydrogen-bond donors (Lipinski definition) is 0. The van der Waals surface area contributed by atoms with Crippen LogP contribution < -0.4 is 0 Å². The predicted molar refractivity (Wildman–Crippen MR) is 85.1 cm³/mol. The molecule has 1 atom stereocenters. The van der Waals surface area contributed by atoms with E-state index in [-0.39, 0.29) is 6.04 Å². The SMILES string of the molecule is COCCc1noc([C@H]2CCCCN2CCCc2ccco2)n1. The fourth-order valence-corrected chi connectivity index (χ4v) is 3.15. The number of rotatable bonds is 8. The van der Waals surface area contributed by atoms with Crippen LogP contribution in [0.1, 0.15) is 49.2 Å². The van der Waals surface area contributed by atoms with Crippen LogP contribution in [0.15, 0.2) is 27.3 Å². The number of hydrogen-bond acceptors (Lipinski definition) is 6. The fraction of sp³-hybridized carbons (Fsp3) is 0.647. The lowest BCUT2D eigenvalue weighted by Gasteiger charge is -2.33. The van der Waals surface area contributed by atoms with Gasteiger partial charge >= 0.3 is 0 Å². The normalized spacial score (nSPS) is 19.3. The van der Waals surface area contributed by atoms with Gasteiger partial charge in [0.1, 0.15) is 5.76 Å². The molecule has 3 heterocycles. The van der Waals surface area contributed by atoms with Crippen LogP contribution >= 0.6 is 0 Å². The number of furan rings is 1. The molecule has 3 rings (SSSR count). The Morgan fingerprint density at radius 1 is 1.35 bits per heavy atom. The molecule has 0 radical (unpaired) electrons. The second kappa shape index (κ2) is 8.26. The number of ether oxygens (including phenoxy) is 1. The molecule has 1 saturated heterocycles. The first-order valence-electron chi connectivity index (χ1n) is 8.44. The summed E-state index contributed by atoms with van der Waals surface area (Å²) in [4.78, 5) is 7.03. The van der Waals surface area contributed by atoms with Crippen molar-refractivity contribution in [1.82, 2.24) is 15.0 Å². The van der Waals surface area contributed by atoms with Crippen LogP contribution in [-0.2, 0) is 17.6 Å². The monoisotopic (exact) mass is 319 g/mol. The Hall–Kier alpha value is -1.66. The van der Waals surface area contributed by atoms with Crippen molar-refractivity contribution >= 4 is 0 Å². The molecule has 0 bridgehead atoms. The minimum atomic E-state index is 0.254. The number of likely N-dealkylation sites (tertiary alicyclic amines) is 1. The van der Waals surface area contributed by atoms with Gasteiger partial charge in [-0.2, -0.15) is 4.98 Å². The standard InChI is InChI=1S/C17H25N3O3/c1-21-13-9-16-18-17(23-19-16)15-8-2-3-10-20(15)11-4-6-14-7-5-12-22-14/h5,7,12,15H,2-4,6,8-11,13H2,1H3/t15-/m1/s1. The lowest BCUT2D eigenvalue weighted by atomic mass is 10.0. The molecule has 6 nitrogen and oxygen atoms in total. The molecule has 0 saturated carbocycles. The van der Waals surface area contributed by atoms with E-state index in [1.165, 1.54) is 12.8 Å². The van der Waals surface area contributed by atoms with Crippen LogP contribution in [0.4, 0.5) is 0 Å². The van der Waals surface area contributed by atoms with Gasteiger partial charge in [-0.3, -0.25) is 4.90 Å². The molecule has 2 aromatic rings. The van der Waals surface area contributed by atoms with Gasteiger partial charge in [-0.15, -0.1) is 0 Å². The summed E-state index contributed by atoms with van der Waals surface area (Å²) in [6, 6.07) is 4.23. The Morgan fingerprint density at radius 3 is 3.13 bits per heavy atom. The molecule has 0 unspecified atom stereocenters. The third-order valence-electron chi connectivity index (χ3n) is 4.36. The number of nitrogens with zero attached hydrogens (tertiary/aromatic N) is 3. The maximum absolute atomic E-state index is 5.51. The van der Waals surface area contributed by atoms with E-state index in [9.17, 15) is 0 Å². The van der Waals surface area contributed by atoms with Crippen LogP contribution in [-0.4, -0.2) is 41.8 Å². The maximum atomic E-state index is 5.51. The topological polar surface area (TPSA) is 64.5 Å². The molecule has 1 fully saturated rings. The Balaban J connectivity index is 1.56. The number of aromatic nitrogens is 2. The summed E-state index contributed by atoms with van der Waals surface area (Å²) in [7, 11) is 1.68. The van der Waals surface area contributed by atoms with Gasteiger partial charge in [-0.25, -0.2) is 0 Å². The lowest BCUT2D eigenvalue weighted by Crippen LogP contribution is -2.34. The van der Waals surface area contributed by atoms with Gasteiger partial charge in [0.2, 0.25) is 5.89 Å². The van der Waals surface area contributed by atoms with Crippen molar-refractivity contribution in [3.63, 3.8) is 0 Å². The average Bonchev–Trinajstić information content (AvgIpc) is 3.25. The smallest absolute Gasteiger partial charge is 0.243 e. The van der Waals surface area contributed by atoms with E-state index in [4.69, 9.17) is 13.7 Å². The quantitative estimate of drug-likeness (QED) is 0.745. The average molecular weight is 319 g/mol. The van der Waals surface area contributed by atoms with E-state index >= 15 is 0 Å². The van der Waals surface area contributed by atoms with E-state index in [2.05, 4.69) is 15.0 Å². The first-order chi connectivity index (χ1) is 11.4. The third kappa shape index (κ3) is 4.42. The summed E-state index contributed by atoms with van der Waals surface area (Å²) >= 11 is 0. The summed E-state index contributed by atoms with van der Waals surface area (Å²) in [5.74, 6) is 2.55. The summed E-state index contributed by atoms with van der Waals surface area (Å²) in [5, 5.41) is 4.08. The van der Waals surface area contributed by atoms with Gasteiger partial charge < -0.3 is 13.7 Å². The zero-order valence-corrected chi connectivity index (χ0v) is 13.7. The molecule has 126 valence electrons. The zero-order valence-electron chi connectivity index (χ0n) is 13.7. The van der Waals surface area contributed by atoms with Crippen LogP contribution in [0.3, 0.4) is 0 Å². The molecule has 2 aromatic heterocycles. The van der Waals surface area contributed by atoms with Gasteiger partial charge in [0.25, 0.3) is 0 Å². The minimum Gasteiger partial charge on any atom is -0.469 e. The van der Waals surface area contributed by atoms with Crippen molar-refractivity contribution in [3.05, 3.63) is 35.9 Å². The van der Waals surface area contributed by atoms with E-state index in [0.29, 0.717) is 13.0 Å². The molecule has 1 aliphatic rings. The molecule has 0 aliphatic carbocycles. The number of aryl methyl sites for hydroxylation is 1. The minimum absolute atomic E-state index is 0.254. The molecular formula is C17H25N3O3. The maximum Gasteiger partial charge on any atom is 0.243 e. The molecule has 23 heavy (non-hydrogen) atoms. The van der Waals surface area contributed by atoms with Crippen molar-refractivity contribution in [2.45, 2.75) is 44.6 Å². The predicted octanol–water partition coefficient (Wildman–Crippen LogP) is 3.01. The molecule has 0 amide bonds. The third-order valence-corrected chi connectivity index (χ3v) is 4.36. The van der Waals surface area contributed by atoms with E-state index in [1.54, 1.807) is 13.4 Å². The van der Waals surface area contributed by atoms with E-state index < -0.39 is 0 Å². The largest absolute Gasteiger partial charge is 0.469 e. The highest BCUT2D eigenvalue weighted by Crippen LogP contribution is 2.30. The molecule has 0 aromatic carbocycles. The second-order valence-corrected chi connectivity index (χ2v) is 6.02. The summed E-state index contributed by atoms with van der Waals surface area (Å²) < 4.78 is 16.0. The van der Waals surface area contributed by atoms with Crippen molar-refractivity contribution in [3.8, 4) is 0 Å². The van der Waals surface area contributed by atoms with Crippen LogP contribution in [0, 0.1) is 0 Å². The summed E-state index contributed by atoms with van der Waals surface area (Å²) in [5.41, 5.74) is 0. The van der Waals surface area contributed by atoms with Crippen molar-refractivity contribution < 1.29 is 13.7 Å². The van der Waals surface area contributed by atoms with Crippen molar-refractivity contribution in [1.29, 1.82) is 0 Å². The second-order valence-electron chi connectivity index (χ2n) is 6.02. The summed E-state index contributed by atoms with van der Waals surface area (Å²) in [6.45, 7) is 2.75. The van der Waals surface area contributed by atoms with Gasteiger partial charge in [0.15, 0.2) is 5.82 Å². The van der Waals surface area contributed by atoms with E-state index in [0.717, 1.165) is 49.8 Å². The van der Waals surface area contributed by atoms with Gasteiger partial charge in [0, 0.05) is 20.0 Å². The fourth-order valence-electron chi connectivity index (χ4n) is 3.15. The number of methoxy groups -OCH3 is 1. The highest BCUT2D eigenvalue weighted by molar-refractivity contribution is 4.99. The molecule has 0 spiro atoms. The highest BCUT2D eigenvalue weighted by Gasteiger charge is 2.28. The van der Waals surface area contributed by atoms with Crippen LogP contribution in [0.2, 0.25) is 0 Å². The Bertz CT molecular complexity index is 567. The first-order valence-corrected chi connectivity index (χ1v) is 8.44. The zero-order chi connectivity index (χ0) is 15.9. The number of piperidine rings is 1. The lowest BCUT2D eigenvalue weighted by molar-refractivity contribution is 0.117. The van der Waals surface area contributed by atoms with E-state index in [1.807, 2.05) is 12.1 Å². The Labute approximate surface area is 136 Å². The van der Waals surface area contributed by atoms with Gasteiger partial charge in [-0.05, 0) is 44.5 Å². The van der Waals surface area contributed by atoms with Gasteiger partial charge in [-0.1, -0.05) is 11.6 Å². The van der Waals surface area contributed by atoms with Crippen LogP contribution in [0.5, 0.6) is 0 Å². The van der Waals surface area contributed by atoms with Crippen LogP contribution in [0.25, 0.3) is 0 Å². The van der Waals surface area contributed by atoms with Crippen molar-refractivity contribution in [2.24, 2.45) is 0 Å². The van der Waals surface area contributed by atoms with Gasteiger partial charge in [0.05, 0.1) is 18.9 Å². The summed E-state index contributed by atoms with van der Waals surface area (Å²) in [6.07, 6.45) is 8.03. The molecule has 1 aliphatic heterocycles. The molecule has 0 N–H and O–H groups in total. The first kappa shape index (κ1) is 16.2. The Morgan fingerprint density at radius 2 is 2.30 bits per heavy atom.